The Bertz CT molecular complexity index is 501. The lowest BCUT2D eigenvalue weighted by Crippen LogP contribution is -2.40. The highest BCUT2D eigenvalue weighted by Gasteiger charge is 2.23. The summed E-state index contributed by atoms with van der Waals surface area (Å²) in [5, 5.41) is 12.6. The van der Waals surface area contributed by atoms with Gasteiger partial charge in [0.15, 0.2) is 0 Å². The highest BCUT2D eigenvalue weighted by molar-refractivity contribution is 7.12. The summed E-state index contributed by atoms with van der Waals surface area (Å²) < 4.78 is 28.5. The molecule has 110 valence electrons. The van der Waals surface area contributed by atoms with E-state index in [-0.39, 0.29) is 17.0 Å². The average Bonchev–Trinajstić information content (AvgIpc) is 2.81. The van der Waals surface area contributed by atoms with Gasteiger partial charge in [-0.05, 0) is 24.8 Å². The van der Waals surface area contributed by atoms with E-state index in [0.29, 0.717) is 0 Å². The molecule has 1 aromatic heterocycles. The van der Waals surface area contributed by atoms with Crippen LogP contribution in [0.25, 0.3) is 0 Å². The third-order valence-electron chi connectivity index (χ3n) is 2.26. The van der Waals surface area contributed by atoms with Crippen molar-refractivity contribution < 1.29 is 28.2 Å². The Morgan fingerprint density at radius 2 is 2.25 bits per heavy atom. The summed E-state index contributed by atoms with van der Waals surface area (Å²) in [7, 11) is 0. The van der Waals surface area contributed by atoms with E-state index in [1.54, 1.807) is 19.1 Å². The molecule has 1 heterocycles. The number of allylic oxidation sites excluding steroid dienone is 1. The van der Waals surface area contributed by atoms with Gasteiger partial charge in [0.25, 0.3) is 5.91 Å². The minimum atomic E-state index is -3.05. The highest BCUT2D eigenvalue weighted by atomic mass is 32.1. The van der Waals surface area contributed by atoms with Crippen LogP contribution >= 0.6 is 11.3 Å². The number of aliphatic carboxylic acids is 1. The molecular formula is C12H13F2NO4S. The van der Waals surface area contributed by atoms with E-state index in [4.69, 9.17) is 5.11 Å². The molecule has 1 unspecified atom stereocenters. The van der Waals surface area contributed by atoms with Crippen molar-refractivity contribution in [2.24, 2.45) is 0 Å². The zero-order valence-corrected chi connectivity index (χ0v) is 11.3. The Labute approximate surface area is 117 Å². The smallest absolute Gasteiger partial charge is 0.387 e. The van der Waals surface area contributed by atoms with E-state index >= 15 is 0 Å². The predicted octanol–water partition coefficient (Wildman–Crippen LogP) is 2.50. The SMILES string of the molecule is C/C=C/CC(NC(=O)c1sccc1OC(F)F)C(=O)O. The number of carbonyl (C=O) groups is 2. The van der Waals surface area contributed by atoms with Gasteiger partial charge in [-0.1, -0.05) is 12.2 Å². The number of alkyl halides is 2. The van der Waals surface area contributed by atoms with Crippen molar-refractivity contribution in [3.63, 3.8) is 0 Å². The van der Waals surface area contributed by atoms with E-state index in [1.807, 2.05) is 0 Å². The second-order valence-corrected chi connectivity index (χ2v) is 4.58. The van der Waals surface area contributed by atoms with Crippen LogP contribution in [0, 0.1) is 0 Å². The topological polar surface area (TPSA) is 75.6 Å². The number of carboxylic acid groups (broad SMARTS) is 1. The Morgan fingerprint density at radius 1 is 1.55 bits per heavy atom. The third kappa shape index (κ3) is 4.61. The molecule has 5 nitrogen and oxygen atoms in total. The van der Waals surface area contributed by atoms with Crippen molar-refractivity contribution in [3.8, 4) is 5.75 Å². The standard InChI is InChI=1S/C12H13F2NO4S/c1-2-3-4-7(11(17)18)15-10(16)9-8(5-6-20-9)19-12(13)14/h2-3,5-7,12H,4H2,1H3,(H,15,16)(H,17,18)/b3-2+. The molecule has 0 fully saturated rings. The van der Waals surface area contributed by atoms with Crippen LogP contribution < -0.4 is 10.1 Å². The average molecular weight is 305 g/mol. The molecule has 0 aliphatic rings. The molecule has 0 bridgehead atoms. The molecule has 0 saturated carbocycles. The lowest BCUT2D eigenvalue weighted by atomic mass is 10.2. The first-order chi connectivity index (χ1) is 9.45. The Hall–Kier alpha value is -1.96. The van der Waals surface area contributed by atoms with Crippen LogP contribution in [0.2, 0.25) is 0 Å². The molecule has 1 atom stereocenters. The second kappa shape index (κ2) is 7.59. The molecule has 0 saturated heterocycles. The van der Waals surface area contributed by atoms with Gasteiger partial charge in [-0.3, -0.25) is 4.79 Å². The molecule has 0 spiro atoms. The van der Waals surface area contributed by atoms with Crippen molar-refractivity contribution in [1.29, 1.82) is 0 Å². The molecule has 20 heavy (non-hydrogen) atoms. The molecule has 2 N–H and O–H groups in total. The maximum atomic E-state index is 12.1. The van der Waals surface area contributed by atoms with Crippen LogP contribution in [-0.4, -0.2) is 29.6 Å². The largest absolute Gasteiger partial charge is 0.480 e. The van der Waals surface area contributed by atoms with Gasteiger partial charge in [-0.15, -0.1) is 11.3 Å². The number of carbonyl (C=O) groups excluding carboxylic acids is 1. The van der Waals surface area contributed by atoms with Gasteiger partial charge in [0, 0.05) is 0 Å². The van der Waals surface area contributed by atoms with E-state index < -0.39 is 24.5 Å². The number of nitrogens with one attached hydrogen (secondary N) is 1. The van der Waals surface area contributed by atoms with Crippen molar-refractivity contribution in [1.82, 2.24) is 5.32 Å². The maximum absolute atomic E-state index is 12.1. The zero-order valence-electron chi connectivity index (χ0n) is 10.5. The molecule has 0 radical (unpaired) electrons. The Morgan fingerprint density at radius 3 is 2.80 bits per heavy atom. The summed E-state index contributed by atoms with van der Waals surface area (Å²) in [5.74, 6) is -2.23. The number of halogens is 2. The third-order valence-corrected chi connectivity index (χ3v) is 3.16. The molecule has 0 aliphatic carbocycles. The lowest BCUT2D eigenvalue weighted by molar-refractivity contribution is -0.139. The first-order valence-corrected chi connectivity index (χ1v) is 6.50. The minimum Gasteiger partial charge on any atom is -0.480 e. The summed E-state index contributed by atoms with van der Waals surface area (Å²) in [4.78, 5) is 22.8. The van der Waals surface area contributed by atoms with Gasteiger partial charge in [-0.25, -0.2) is 4.79 Å². The van der Waals surface area contributed by atoms with Crippen LogP contribution in [0.1, 0.15) is 23.0 Å². The molecule has 8 heteroatoms. The number of hydrogen-bond donors (Lipinski definition) is 2. The van der Waals surface area contributed by atoms with Gasteiger partial charge in [0.2, 0.25) is 0 Å². The number of thiophene rings is 1. The van der Waals surface area contributed by atoms with Crippen LogP contribution in [0.4, 0.5) is 8.78 Å². The fourth-order valence-corrected chi connectivity index (χ4v) is 2.10. The molecule has 1 aromatic rings. The van der Waals surface area contributed by atoms with Crippen molar-refractivity contribution in [2.75, 3.05) is 0 Å². The number of amides is 1. The molecule has 0 aliphatic heterocycles. The van der Waals surface area contributed by atoms with Gasteiger partial charge in [-0.2, -0.15) is 8.78 Å². The number of hydrogen-bond acceptors (Lipinski definition) is 4. The lowest BCUT2D eigenvalue weighted by Gasteiger charge is -2.12. The van der Waals surface area contributed by atoms with E-state index in [2.05, 4.69) is 10.1 Å². The number of carboxylic acids is 1. The van der Waals surface area contributed by atoms with Crippen molar-refractivity contribution in [2.45, 2.75) is 26.0 Å². The van der Waals surface area contributed by atoms with Gasteiger partial charge >= 0.3 is 12.6 Å². The second-order valence-electron chi connectivity index (χ2n) is 3.66. The van der Waals surface area contributed by atoms with Gasteiger partial charge < -0.3 is 15.2 Å². The zero-order chi connectivity index (χ0) is 15.1. The fraction of sp³-hybridized carbons (Fsp3) is 0.333. The summed E-state index contributed by atoms with van der Waals surface area (Å²) in [6.45, 7) is -1.33. The van der Waals surface area contributed by atoms with Crippen molar-refractivity contribution >= 4 is 23.2 Å². The van der Waals surface area contributed by atoms with E-state index in [0.717, 1.165) is 11.3 Å². The first-order valence-electron chi connectivity index (χ1n) is 5.62. The minimum absolute atomic E-state index is 0.0861. The molecular weight excluding hydrogens is 292 g/mol. The van der Waals surface area contributed by atoms with E-state index in [1.165, 1.54) is 11.4 Å². The van der Waals surface area contributed by atoms with E-state index in [9.17, 15) is 18.4 Å². The summed E-state index contributed by atoms with van der Waals surface area (Å²) in [5.41, 5.74) is 0. The summed E-state index contributed by atoms with van der Waals surface area (Å²) in [6, 6.07) is 0.105. The molecule has 1 rings (SSSR count). The van der Waals surface area contributed by atoms with Crippen LogP contribution in [0.3, 0.4) is 0 Å². The number of ether oxygens (including phenoxy) is 1. The highest BCUT2D eigenvalue weighted by Crippen LogP contribution is 2.26. The Balaban J connectivity index is 2.78. The Kier molecular flexibility index (Phi) is 6.10. The maximum Gasteiger partial charge on any atom is 0.387 e. The van der Waals surface area contributed by atoms with Crippen LogP contribution in [0.5, 0.6) is 5.75 Å². The predicted molar refractivity (Wildman–Crippen MR) is 69.3 cm³/mol. The van der Waals surface area contributed by atoms with Gasteiger partial charge in [0.1, 0.15) is 16.7 Å². The molecule has 1 amide bonds. The van der Waals surface area contributed by atoms with Crippen molar-refractivity contribution in [3.05, 3.63) is 28.5 Å². The van der Waals surface area contributed by atoms with Crippen LogP contribution in [0.15, 0.2) is 23.6 Å². The van der Waals surface area contributed by atoms with Gasteiger partial charge in [0.05, 0.1) is 0 Å². The van der Waals surface area contributed by atoms with Crippen LogP contribution in [-0.2, 0) is 4.79 Å². The quantitative estimate of drug-likeness (QED) is 0.759. The first kappa shape index (κ1) is 16.1. The fourth-order valence-electron chi connectivity index (χ4n) is 1.37. The summed E-state index contributed by atoms with van der Waals surface area (Å²) >= 11 is 0.896. The summed E-state index contributed by atoms with van der Waals surface area (Å²) in [6.07, 6.45) is 3.34. The normalized spacial score (nSPS) is 12.6. The number of rotatable bonds is 7. The molecule has 0 aromatic carbocycles. The monoisotopic (exact) mass is 305 g/mol.